The molecule has 2 aliphatic rings. The number of amides is 1. The van der Waals surface area contributed by atoms with Crippen LogP contribution in [0.2, 0.25) is 0 Å². The van der Waals surface area contributed by atoms with Crippen molar-refractivity contribution in [1.29, 1.82) is 0 Å². The third-order valence-electron chi connectivity index (χ3n) is 5.95. The van der Waals surface area contributed by atoms with Gasteiger partial charge in [0.25, 0.3) is 11.7 Å². The molecule has 1 saturated heterocycles. The van der Waals surface area contributed by atoms with Crippen LogP contribution in [0.1, 0.15) is 23.6 Å². The number of benzene rings is 2. The fourth-order valence-corrected chi connectivity index (χ4v) is 4.73. The molecule has 2 aromatic carbocycles. The average Bonchev–Trinajstić information content (AvgIpc) is 3.09. The van der Waals surface area contributed by atoms with Gasteiger partial charge in [-0.3, -0.25) is 9.59 Å². The summed E-state index contributed by atoms with van der Waals surface area (Å²) >= 11 is 3.32. The summed E-state index contributed by atoms with van der Waals surface area (Å²) in [6, 6.07) is 7.17. The minimum absolute atomic E-state index is 0.0452. The van der Waals surface area contributed by atoms with E-state index in [0.717, 1.165) is 0 Å². The van der Waals surface area contributed by atoms with Gasteiger partial charge in [0, 0.05) is 12.1 Å². The van der Waals surface area contributed by atoms with Gasteiger partial charge in [0.15, 0.2) is 23.0 Å². The van der Waals surface area contributed by atoms with Crippen LogP contribution in [0.4, 0.5) is 0 Å². The van der Waals surface area contributed by atoms with Crippen molar-refractivity contribution in [2.24, 2.45) is 0 Å². The number of phenols is 1. The van der Waals surface area contributed by atoms with Crippen molar-refractivity contribution in [1.82, 2.24) is 9.80 Å². The van der Waals surface area contributed by atoms with Crippen LogP contribution < -0.4 is 14.2 Å². The molecule has 186 valence electrons. The Bertz CT molecular complexity index is 1190. The molecule has 2 aliphatic heterocycles. The maximum absolute atomic E-state index is 13.2. The van der Waals surface area contributed by atoms with Crippen molar-refractivity contribution in [3.63, 3.8) is 0 Å². The van der Waals surface area contributed by atoms with Gasteiger partial charge in [-0.2, -0.15) is 0 Å². The molecule has 0 aromatic heterocycles. The number of likely N-dealkylation sites (tertiary alicyclic amines) is 1. The molecule has 2 N–H and O–H groups in total. The van der Waals surface area contributed by atoms with Crippen molar-refractivity contribution in [3.05, 3.63) is 51.5 Å². The second kappa shape index (κ2) is 10.2. The Morgan fingerprint density at radius 2 is 1.89 bits per heavy atom. The van der Waals surface area contributed by atoms with Gasteiger partial charge in [-0.05, 0) is 78.9 Å². The van der Waals surface area contributed by atoms with Crippen LogP contribution in [0.25, 0.3) is 5.76 Å². The molecule has 9 nitrogen and oxygen atoms in total. The van der Waals surface area contributed by atoms with E-state index in [2.05, 4.69) is 15.9 Å². The largest absolute Gasteiger partial charge is 0.507 e. The van der Waals surface area contributed by atoms with E-state index in [9.17, 15) is 19.8 Å². The predicted molar refractivity (Wildman–Crippen MR) is 132 cm³/mol. The Hall–Kier alpha value is -3.24. The van der Waals surface area contributed by atoms with Gasteiger partial charge in [0.05, 0.1) is 23.2 Å². The normalized spacial score (nSPS) is 18.9. The highest BCUT2D eigenvalue weighted by Crippen LogP contribution is 2.45. The number of phenolic OH excluding ortho intramolecular Hbond substituents is 1. The van der Waals surface area contributed by atoms with Crippen LogP contribution in [0, 0.1) is 0 Å². The Morgan fingerprint density at radius 3 is 2.57 bits per heavy atom. The number of ketones is 1. The predicted octanol–water partition coefficient (Wildman–Crippen LogP) is 3.31. The molecule has 4 rings (SSSR count). The lowest BCUT2D eigenvalue weighted by molar-refractivity contribution is -0.139. The number of aromatic hydroxyl groups is 1. The van der Waals surface area contributed by atoms with Crippen LogP contribution in [-0.2, 0) is 9.59 Å². The highest BCUT2D eigenvalue weighted by atomic mass is 79.9. The molecule has 1 unspecified atom stereocenters. The fourth-order valence-electron chi connectivity index (χ4n) is 4.27. The number of Topliss-reactive ketones (excluding diaryl/α,β-unsaturated/α-hetero) is 1. The Labute approximate surface area is 211 Å². The van der Waals surface area contributed by atoms with Gasteiger partial charge >= 0.3 is 0 Å². The van der Waals surface area contributed by atoms with E-state index in [1.165, 1.54) is 12.0 Å². The molecule has 0 saturated carbocycles. The number of carbonyl (C=O) groups is 2. The summed E-state index contributed by atoms with van der Waals surface area (Å²) in [5.74, 6) is -0.734. The van der Waals surface area contributed by atoms with E-state index in [1.807, 2.05) is 19.0 Å². The molecule has 0 radical (unpaired) electrons. The topological polar surface area (TPSA) is 109 Å². The standard InChI is InChI=1S/C25H27BrN2O7/c1-27(2)7-4-8-28-21(15-11-16(26)23(30)19(13-15)33-3)20(24(31)25(28)32)22(29)14-5-6-17-18(12-14)35-10-9-34-17/h5-6,11-13,21,29-30H,4,7-10H2,1-3H3/b22-20-. The summed E-state index contributed by atoms with van der Waals surface area (Å²) < 4.78 is 16.8. The number of ether oxygens (including phenoxy) is 3. The maximum atomic E-state index is 13.2. The zero-order valence-corrected chi connectivity index (χ0v) is 21.3. The van der Waals surface area contributed by atoms with Crippen molar-refractivity contribution in [2.75, 3.05) is 47.5 Å². The van der Waals surface area contributed by atoms with E-state index >= 15 is 0 Å². The van der Waals surface area contributed by atoms with Crippen LogP contribution >= 0.6 is 15.9 Å². The average molecular weight is 547 g/mol. The monoisotopic (exact) mass is 546 g/mol. The lowest BCUT2D eigenvalue weighted by Crippen LogP contribution is -2.32. The molecule has 0 spiro atoms. The lowest BCUT2D eigenvalue weighted by Gasteiger charge is -2.26. The molecular formula is C25H27BrN2O7. The second-order valence-electron chi connectivity index (χ2n) is 8.56. The molecule has 35 heavy (non-hydrogen) atoms. The van der Waals surface area contributed by atoms with Crippen molar-refractivity contribution in [2.45, 2.75) is 12.5 Å². The number of methoxy groups -OCH3 is 1. The van der Waals surface area contributed by atoms with E-state index in [0.29, 0.717) is 59.8 Å². The van der Waals surface area contributed by atoms with Crippen molar-refractivity contribution in [3.8, 4) is 23.0 Å². The second-order valence-corrected chi connectivity index (χ2v) is 9.42. The minimum Gasteiger partial charge on any atom is -0.507 e. The van der Waals surface area contributed by atoms with Gasteiger partial charge in [-0.1, -0.05) is 0 Å². The first-order valence-corrected chi connectivity index (χ1v) is 11.9. The van der Waals surface area contributed by atoms with E-state index in [1.54, 1.807) is 30.3 Å². The summed E-state index contributed by atoms with van der Waals surface area (Å²) in [6.45, 7) is 1.80. The number of hydrogen-bond donors (Lipinski definition) is 2. The quantitative estimate of drug-likeness (QED) is 0.309. The number of fused-ring (bicyclic) bond motifs is 1. The van der Waals surface area contributed by atoms with E-state index in [4.69, 9.17) is 14.2 Å². The highest BCUT2D eigenvalue weighted by Gasteiger charge is 2.46. The van der Waals surface area contributed by atoms with E-state index in [-0.39, 0.29) is 22.8 Å². The van der Waals surface area contributed by atoms with E-state index < -0.39 is 17.7 Å². The number of carbonyl (C=O) groups excluding carboxylic acids is 2. The number of aliphatic hydroxyl groups is 1. The molecule has 1 fully saturated rings. The molecule has 2 aromatic rings. The zero-order chi connectivity index (χ0) is 25.3. The summed E-state index contributed by atoms with van der Waals surface area (Å²) in [5, 5.41) is 21.6. The van der Waals surface area contributed by atoms with Gasteiger partial charge in [0.2, 0.25) is 0 Å². The molecule has 2 heterocycles. The van der Waals surface area contributed by atoms with Crippen LogP contribution in [0.15, 0.2) is 40.4 Å². The summed E-state index contributed by atoms with van der Waals surface area (Å²) in [4.78, 5) is 29.8. The smallest absolute Gasteiger partial charge is 0.295 e. The minimum atomic E-state index is -0.879. The molecular weight excluding hydrogens is 520 g/mol. The van der Waals surface area contributed by atoms with Gasteiger partial charge in [-0.15, -0.1) is 0 Å². The molecule has 0 aliphatic carbocycles. The van der Waals surface area contributed by atoms with Gasteiger partial charge in [0.1, 0.15) is 19.0 Å². The SMILES string of the molecule is COc1cc(C2/C(=C(/O)c3ccc4c(c3)OCCO4)C(=O)C(=O)N2CCCN(C)C)cc(Br)c1O. The van der Waals surface area contributed by atoms with Crippen molar-refractivity contribution >= 4 is 33.4 Å². The maximum Gasteiger partial charge on any atom is 0.295 e. The highest BCUT2D eigenvalue weighted by molar-refractivity contribution is 9.10. The number of nitrogens with zero attached hydrogens (tertiary/aromatic N) is 2. The first kappa shape index (κ1) is 24.9. The third kappa shape index (κ3) is 4.81. The van der Waals surface area contributed by atoms with Crippen LogP contribution in [0.3, 0.4) is 0 Å². The summed E-state index contributed by atoms with van der Waals surface area (Å²) in [7, 11) is 5.26. The Kier molecular flexibility index (Phi) is 7.23. The number of aliphatic hydroxyl groups excluding tert-OH is 1. The fraction of sp³-hybridized carbons (Fsp3) is 0.360. The van der Waals surface area contributed by atoms with Crippen molar-refractivity contribution < 1.29 is 34.0 Å². The molecule has 0 bridgehead atoms. The number of halogens is 1. The Balaban J connectivity index is 1.84. The molecule has 10 heteroatoms. The summed E-state index contributed by atoms with van der Waals surface area (Å²) in [6.07, 6.45) is 0.622. The first-order chi connectivity index (χ1) is 16.7. The zero-order valence-electron chi connectivity index (χ0n) is 19.7. The Morgan fingerprint density at radius 1 is 1.17 bits per heavy atom. The van der Waals surface area contributed by atoms with Crippen LogP contribution in [0.5, 0.6) is 23.0 Å². The molecule has 1 atom stereocenters. The molecule has 1 amide bonds. The third-order valence-corrected chi connectivity index (χ3v) is 6.55. The van der Waals surface area contributed by atoms with Gasteiger partial charge < -0.3 is 34.2 Å². The van der Waals surface area contributed by atoms with Crippen LogP contribution in [-0.4, -0.2) is 79.2 Å². The first-order valence-electron chi connectivity index (χ1n) is 11.1. The number of hydrogen-bond acceptors (Lipinski definition) is 8. The lowest BCUT2D eigenvalue weighted by atomic mass is 9.94. The summed E-state index contributed by atoms with van der Waals surface area (Å²) in [5.41, 5.74) is 0.793. The number of rotatable bonds is 7. The van der Waals surface area contributed by atoms with Gasteiger partial charge in [-0.25, -0.2) is 0 Å².